The summed E-state index contributed by atoms with van der Waals surface area (Å²) in [5.74, 6) is -0.218. The van der Waals surface area contributed by atoms with Crippen LogP contribution in [0, 0.1) is 11.3 Å². The zero-order valence-electron chi connectivity index (χ0n) is 11.9. The summed E-state index contributed by atoms with van der Waals surface area (Å²) in [4.78, 5) is 11.9. The van der Waals surface area contributed by atoms with Crippen LogP contribution in [-0.2, 0) is 10.0 Å². The second-order valence-electron chi connectivity index (χ2n) is 4.44. The first-order chi connectivity index (χ1) is 10.0. The number of nitrogens with zero attached hydrogens (tertiary/aromatic N) is 1. The van der Waals surface area contributed by atoms with Crippen molar-refractivity contribution in [2.45, 2.75) is 31.1 Å². The highest BCUT2D eigenvalue weighted by atomic mass is 32.2. The van der Waals surface area contributed by atoms with E-state index in [1.165, 1.54) is 24.3 Å². The van der Waals surface area contributed by atoms with Crippen molar-refractivity contribution in [2.75, 3.05) is 13.1 Å². The van der Waals surface area contributed by atoms with E-state index in [1.807, 2.05) is 13.0 Å². The number of nitriles is 1. The van der Waals surface area contributed by atoms with E-state index >= 15 is 0 Å². The van der Waals surface area contributed by atoms with Gasteiger partial charge in [0.2, 0.25) is 10.0 Å². The van der Waals surface area contributed by atoms with Crippen LogP contribution in [0.3, 0.4) is 0 Å². The van der Waals surface area contributed by atoms with Gasteiger partial charge in [-0.1, -0.05) is 13.3 Å². The number of carbonyl (C=O) groups excluding carboxylic acids is 1. The molecule has 21 heavy (non-hydrogen) atoms. The number of hydrogen-bond donors (Lipinski definition) is 2. The summed E-state index contributed by atoms with van der Waals surface area (Å²) in [6, 6.07) is 7.56. The topological polar surface area (TPSA) is 99.1 Å². The Bertz CT molecular complexity index is 603. The molecular formula is C14H19N3O3S. The Morgan fingerprint density at radius 1 is 1.24 bits per heavy atom. The minimum Gasteiger partial charge on any atom is -0.352 e. The molecule has 0 saturated heterocycles. The number of amides is 1. The summed E-state index contributed by atoms with van der Waals surface area (Å²) in [7, 11) is -3.63. The quantitative estimate of drug-likeness (QED) is 0.709. The normalized spacial score (nSPS) is 10.9. The highest BCUT2D eigenvalue weighted by molar-refractivity contribution is 7.89. The largest absolute Gasteiger partial charge is 0.352 e. The Balaban J connectivity index is 2.69. The number of benzene rings is 1. The van der Waals surface area contributed by atoms with Gasteiger partial charge in [0, 0.05) is 25.1 Å². The number of carbonyl (C=O) groups is 1. The lowest BCUT2D eigenvalue weighted by atomic mass is 10.2. The Hall–Kier alpha value is -1.91. The maximum atomic E-state index is 11.9. The number of nitrogens with one attached hydrogen (secondary N) is 2. The van der Waals surface area contributed by atoms with Gasteiger partial charge in [-0.05, 0) is 30.7 Å². The van der Waals surface area contributed by atoms with Crippen LogP contribution in [0.5, 0.6) is 0 Å². The average molecular weight is 309 g/mol. The van der Waals surface area contributed by atoms with Gasteiger partial charge in [-0.3, -0.25) is 4.79 Å². The smallest absolute Gasteiger partial charge is 0.251 e. The van der Waals surface area contributed by atoms with E-state index in [1.54, 1.807) is 0 Å². The summed E-state index contributed by atoms with van der Waals surface area (Å²) in [6.45, 7) is 2.70. The zero-order valence-corrected chi connectivity index (χ0v) is 12.7. The van der Waals surface area contributed by atoms with E-state index in [4.69, 9.17) is 5.26 Å². The van der Waals surface area contributed by atoms with Crippen molar-refractivity contribution in [1.29, 1.82) is 5.26 Å². The third-order valence-corrected chi connectivity index (χ3v) is 4.25. The molecule has 0 aromatic heterocycles. The molecule has 1 aromatic rings. The molecule has 0 atom stereocenters. The number of sulfonamides is 1. The Morgan fingerprint density at radius 2 is 1.90 bits per heavy atom. The van der Waals surface area contributed by atoms with Crippen LogP contribution in [0.15, 0.2) is 29.2 Å². The van der Waals surface area contributed by atoms with Crippen molar-refractivity contribution in [3.05, 3.63) is 29.8 Å². The van der Waals surface area contributed by atoms with Crippen LogP contribution in [0.2, 0.25) is 0 Å². The lowest BCUT2D eigenvalue weighted by Crippen LogP contribution is -2.26. The average Bonchev–Trinajstić information content (AvgIpc) is 2.47. The fourth-order valence-corrected chi connectivity index (χ4v) is 2.62. The molecule has 0 fully saturated rings. The molecule has 0 bridgehead atoms. The molecule has 114 valence electrons. The molecule has 0 aliphatic heterocycles. The monoisotopic (exact) mass is 309 g/mol. The van der Waals surface area contributed by atoms with Crippen molar-refractivity contribution < 1.29 is 13.2 Å². The van der Waals surface area contributed by atoms with E-state index in [0.717, 1.165) is 12.8 Å². The lowest BCUT2D eigenvalue weighted by molar-refractivity contribution is 0.0953. The van der Waals surface area contributed by atoms with E-state index < -0.39 is 10.0 Å². The standard InChI is InChI=1S/C14H19N3O3S/c1-2-3-10-16-14(18)12-5-7-13(8-6-12)21(19,20)17-11-4-9-15/h5-8,17H,2-4,10-11H2,1H3,(H,16,18). The molecule has 2 N–H and O–H groups in total. The van der Waals surface area contributed by atoms with Crippen molar-refractivity contribution in [1.82, 2.24) is 10.0 Å². The fourth-order valence-electron chi connectivity index (χ4n) is 1.59. The van der Waals surface area contributed by atoms with Gasteiger partial charge < -0.3 is 5.32 Å². The Labute approximate surface area is 125 Å². The van der Waals surface area contributed by atoms with Crippen molar-refractivity contribution in [3.63, 3.8) is 0 Å². The van der Waals surface area contributed by atoms with Gasteiger partial charge in [-0.25, -0.2) is 13.1 Å². The third-order valence-electron chi connectivity index (χ3n) is 2.77. The molecule has 0 spiro atoms. The minimum absolute atomic E-state index is 0.0675. The van der Waals surface area contributed by atoms with Crippen molar-refractivity contribution >= 4 is 15.9 Å². The highest BCUT2D eigenvalue weighted by Gasteiger charge is 2.14. The van der Waals surface area contributed by atoms with Crippen LogP contribution >= 0.6 is 0 Å². The molecule has 0 radical (unpaired) electrons. The minimum atomic E-state index is -3.63. The van der Waals surface area contributed by atoms with Crippen LogP contribution in [0.1, 0.15) is 36.5 Å². The van der Waals surface area contributed by atoms with E-state index in [2.05, 4.69) is 10.0 Å². The molecule has 0 aliphatic rings. The van der Waals surface area contributed by atoms with E-state index in [-0.39, 0.29) is 23.8 Å². The van der Waals surface area contributed by atoms with E-state index in [0.29, 0.717) is 12.1 Å². The SMILES string of the molecule is CCCCNC(=O)c1ccc(S(=O)(=O)NCCC#N)cc1. The molecular weight excluding hydrogens is 290 g/mol. The number of rotatable bonds is 8. The van der Waals surface area contributed by atoms with Gasteiger partial charge >= 0.3 is 0 Å². The molecule has 0 aliphatic carbocycles. The fraction of sp³-hybridized carbons (Fsp3) is 0.429. The first kappa shape index (κ1) is 17.1. The van der Waals surface area contributed by atoms with Gasteiger partial charge in [0.1, 0.15) is 0 Å². The van der Waals surface area contributed by atoms with E-state index in [9.17, 15) is 13.2 Å². The second kappa shape index (κ2) is 8.39. The molecule has 6 nitrogen and oxygen atoms in total. The predicted octanol–water partition coefficient (Wildman–Crippen LogP) is 1.41. The zero-order chi connectivity index (χ0) is 15.7. The van der Waals surface area contributed by atoms with Crippen molar-refractivity contribution in [3.8, 4) is 6.07 Å². The van der Waals surface area contributed by atoms with Crippen LogP contribution in [-0.4, -0.2) is 27.4 Å². The Kier molecular flexibility index (Phi) is 6.85. The lowest BCUT2D eigenvalue weighted by Gasteiger charge is -2.07. The maximum Gasteiger partial charge on any atom is 0.251 e. The van der Waals surface area contributed by atoms with Gasteiger partial charge in [0.25, 0.3) is 5.91 Å². The molecule has 7 heteroatoms. The third kappa shape index (κ3) is 5.53. The summed E-state index contributed by atoms with van der Waals surface area (Å²) in [6.07, 6.45) is 2.00. The number of hydrogen-bond acceptors (Lipinski definition) is 4. The van der Waals surface area contributed by atoms with Gasteiger partial charge in [0.05, 0.1) is 11.0 Å². The maximum absolute atomic E-state index is 11.9. The summed E-state index contributed by atoms with van der Waals surface area (Å²) in [5, 5.41) is 11.2. The Morgan fingerprint density at radius 3 is 2.48 bits per heavy atom. The number of unbranched alkanes of at least 4 members (excludes halogenated alkanes) is 1. The molecule has 0 saturated carbocycles. The molecule has 1 aromatic carbocycles. The molecule has 0 unspecified atom stereocenters. The van der Waals surface area contributed by atoms with Gasteiger partial charge in [-0.15, -0.1) is 0 Å². The highest BCUT2D eigenvalue weighted by Crippen LogP contribution is 2.10. The van der Waals surface area contributed by atoms with Crippen LogP contribution in [0.25, 0.3) is 0 Å². The molecule has 0 heterocycles. The second-order valence-corrected chi connectivity index (χ2v) is 6.21. The van der Waals surface area contributed by atoms with Crippen LogP contribution in [0.4, 0.5) is 0 Å². The summed E-state index contributed by atoms with van der Waals surface area (Å²) < 4.78 is 26.1. The summed E-state index contributed by atoms with van der Waals surface area (Å²) >= 11 is 0. The van der Waals surface area contributed by atoms with Crippen LogP contribution < -0.4 is 10.0 Å². The van der Waals surface area contributed by atoms with Gasteiger partial charge in [0.15, 0.2) is 0 Å². The van der Waals surface area contributed by atoms with Crippen molar-refractivity contribution in [2.24, 2.45) is 0 Å². The first-order valence-corrected chi connectivity index (χ1v) is 8.24. The molecule has 1 rings (SSSR count). The summed E-state index contributed by atoms with van der Waals surface area (Å²) in [5.41, 5.74) is 0.419. The first-order valence-electron chi connectivity index (χ1n) is 6.76. The predicted molar refractivity (Wildman–Crippen MR) is 79.1 cm³/mol. The molecule has 1 amide bonds. The van der Waals surface area contributed by atoms with Gasteiger partial charge in [-0.2, -0.15) is 5.26 Å².